The molecular formula is C27H27N9. The zero-order valence-electron chi connectivity index (χ0n) is 19.7. The lowest BCUT2D eigenvalue weighted by Gasteiger charge is -2.14. The molecule has 36 heavy (non-hydrogen) atoms. The lowest BCUT2D eigenvalue weighted by Crippen LogP contribution is -2.25. The molecule has 0 radical (unpaired) electrons. The van der Waals surface area contributed by atoms with Crippen LogP contribution < -0.4 is 32.1 Å². The Balaban J connectivity index is 1.24. The fourth-order valence-electron chi connectivity index (χ4n) is 4.68. The number of rotatable bonds is 0. The molecule has 0 aromatic carbocycles. The predicted octanol–water partition coefficient (Wildman–Crippen LogP) is -1.35. The highest BCUT2D eigenvalue weighted by Gasteiger charge is 2.10. The van der Waals surface area contributed by atoms with Crippen LogP contribution in [0.2, 0.25) is 0 Å². The molecule has 12 bridgehead atoms. The smallest absolute Gasteiger partial charge is 0.0979 e. The van der Waals surface area contributed by atoms with Crippen LogP contribution in [0, 0.1) is 0 Å². The van der Waals surface area contributed by atoms with Crippen LogP contribution in [-0.2, 0) is 0 Å². The Kier molecular flexibility index (Phi) is 4.76. The molecule has 4 aliphatic rings. The quantitative estimate of drug-likeness (QED) is 0.372. The van der Waals surface area contributed by atoms with Gasteiger partial charge >= 0.3 is 0 Å². The summed E-state index contributed by atoms with van der Waals surface area (Å²) in [5.74, 6) is 0. The summed E-state index contributed by atoms with van der Waals surface area (Å²) in [6.45, 7) is 2.28. The van der Waals surface area contributed by atoms with Crippen molar-refractivity contribution in [2.75, 3.05) is 20.0 Å². The number of aromatic amines is 3. The molecular weight excluding hydrogens is 450 g/mol. The Morgan fingerprint density at radius 3 is 0.722 bits per heavy atom. The van der Waals surface area contributed by atoms with Gasteiger partial charge in [0, 0.05) is 74.4 Å². The molecule has 0 fully saturated rings. The van der Waals surface area contributed by atoms with E-state index in [2.05, 4.69) is 155 Å². The van der Waals surface area contributed by atoms with Crippen LogP contribution in [0.3, 0.4) is 0 Å². The summed E-state index contributed by atoms with van der Waals surface area (Å²) in [5, 5.41) is 6.38. The summed E-state index contributed by atoms with van der Waals surface area (Å²) in [6, 6.07) is 12.6. The number of aromatic nitrogens is 3. The first-order chi connectivity index (χ1) is 17.7. The van der Waals surface area contributed by atoms with Crippen molar-refractivity contribution >= 4 is 37.2 Å². The van der Waals surface area contributed by atoms with E-state index < -0.39 is 0 Å². The second-order valence-electron chi connectivity index (χ2n) is 9.29. The van der Waals surface area contributed by atoms with E-state index in [1.807, 2.05) is 0 Å². The largest absolute Gasteiger partial charge is 0.353 e. The van der Waals surface area contributed by atoms with Crippen LogP contribution in [-0.4, -0.2) is 64.4 Å². The number of hydrogen-bond donors (Lipinski definition) is 3. The maximum absolute atomic E-state index is 3.49. The molecule has 3 aromatic rings. The molecule has 180 valence electrons. The molecule has 7 heterocycles. The van der Waals surface area contributed by atoms with E-state index >= 15 is 0 Å². The monoisotopic (exact) mass is 477 g/mol. The van der Waals surface area contributed by atoms with Gasteiger partial charge in [-0.05, 0) is 36.4 Å². The fraction of sp³-hybridized carbons (Fsp3) is 0.111. The molecule has 4 aliphatic heterocycles. The molecule has 9 heteroatoms. The Labute approximate surface area is 207 Å². The lowest BCUT2D eigenvalue weighted by atomic mass is 10.5. The first kappa shape index (κ1) is 20.5. The topological polar surface area (TPSA) is 66.8 Å². The van der Waals surface area contributed by atoms with Gasteiger partial charge in [0.25, 0.3) is 0 Å². The summed E-state index contributed by atoms with van der Waals surface area (Å²) < 4.78 is 0. The van der Waals surface area contributed by atoms with E-state index in [4.69, 9.17) is 0 Å². The van der Waals surface area contributed by atoms with Crippen molar-refractivity contribution in [1.29, 1.82) is 0 Å². The zero-order chi connectivity index (χ0) is 23.9. The minimum Gasteiger partial charge on any atom is -0.353 e. The van der Waals surface area contributed by atoms with Gasteiger partial charge in [-0.3, -0.25) is 0 Å². The van der Waals surface area contributed by atoms with Crippen molar-refractivity contribution in [1.82, 2.24) is 44.4 Å². The van der Waals surface area contributed by atoms with Crippen molar-refractivity contribution in [2.45, 2.75) is 0 Å². The molecule has 3 N–H and O–H groups in total. The fourth-order valence-corrected chi connectivity index (χ4v) is 4.68. The first-order valence-electron chi connectivity index (χ1n) is 12.0. The summed E-state index contributed by atoms with van der Waals surface area (Å²) >= 11 is 0. The highest BCUT2D eigenvalue weighted by molar-refractivity contribution is 5.33. The van der Waals surface area contributed by atoms with Crippen molar-refractivity contribution in [3.05, 3.63) is 106 Å². The van der Waals surface area contributed by atoms with Crippen LogP contribution in [0.25, 0.3) is 37.2 Å². The Morgan fingerprint density at radius 2 is 0.528 bits per heavy atom. The van der Waals surface area contributed by atoms with Gasteiger partial charge in [0.05, 0.1) is 52.1 Å². The number of nitrogens with zero attached hydrogens (tertiary/aromatic N) is 6. The van der Waals surface area contributed by atoms with E-state index in [-0.39, 0.29) is 0 Å². The number of H-pyrrole nitrogens is 3. The maximum Gasteiger partial charge on any atom is 0.0979 e. The zero-order valence-corrected chi connectivity index (χ0v) is 19.7. The summed E-state index contributed by atoms with van der Waals surface area (Å²) in [4.78, 5) is 23.5. The van der Waals surface area contributed by atoms with Gasteiger partial charge in [-0.1, -0.05) is 0 Å². The number of fused-ring (bicyclic) bond motifs is 12. The van der Waals surface area contributed by atoms with Gasteiger partial charge in [-0.2, -0.15) is 0 Å². The molecule has 7 rings (SSSR count). The van der Waals surface area contributed by atoms with E-state index in [0.717, 1.165) is 52.1 Å². The van der Waals surface area contributed by atoms with E-state index in [0.29, 0.717) is 0 Å². The minimum absolute atomic E-state index is 0.759. The summed E-state index contributed by atoms with van der Waals surface area (Å²) in [6.07, 6.45) is 25.3. The molecule has 0 spiro atoms. The second kappa shape index (κ2) is 8.38. The van der Waals surface area contributed by atoms with E-state index in [1.165, 1.54) is 0 Å². The maximum atomic E-state index is 3.49. The van der Waals surface area contributed by atoms with Gasteiger partial charge in [0.1, 0.15) is 0 Å². The third kappa shape index (κ3) is 4.29. The number of hydrogen-bond acceptors (Lipinski definition) is 6. The van der Waals surface area contributed by atoms with Gasteiger partial charge < -0.3 is 44.4 Å². The van der Waals surface area contributed by atoms with Crippen LogP contribution >= 0.6 is 0 Å². The van der Waals surface area contributed by atoms with E-state index in [1.54, 1.807) is 0 Å². The first-order valence-corrected chi connectivity index (χ1v) is 12.0. The molecule has 9 nitrogen and oxygen atoms in total. The van der Waals surface area contributed by atoms with Crippen LogP contribution in [0.4, 0.5) is 0 Å². The Bertz CT molecular complexity index is 1410. The molecule has 0 unspecified atom stereocenters. The SMILES string of the molecule is C1=CN2C=c3cc/c([nH]3)=C/N3C=CN(/C=c4\cc/c([nH]4)=C/N4C=CN(C=c5ccc([nH]5)=CN1C2)C4)C3. The van der Waals surface area contributed by atoms with Gasteiger partial charge in [0.15, 0.2) is 0 Å². The summed E-state index contributed by atoms with van der Waals surface area (Å²) in [5.41, 5.74) is 0. The number of nitrogens with one attached hydrogen (secondary N) is 3. The third-order valence-corrected chi connectivity index (χ3v) is 6.35. The molecule has 0 saturated heterocycles. The van der Waals surface area contributed by atoms with Crippen molar-refractivity contribution < 1.29 is 0 Å². The van der Waals surface area contributed by atoms with Crippen LogP contribution in [0.15, 0.2) is 73.6 Å². The van der Waals surface area contributed by atoms with Crippen LogP contribution in [0.1, 0.15) is 0 Å². The molecule has 0 atom stereocenters. The molecule has 0 amide bonds. The standard InChI is InChI=1S/C27H27N9/c1-2-23-14-32-9-10-34(20-32)16-25-5-6-27(30-25)18-36-12-11-35(21-36)17-26-4-3-24(29-26)15-33-8-7-31(19-33)13-22(1)28-23/h1-18,28-30H,19-21H2/b22-13-,23-14+,24-15?,25-16-,26-17?,27-18?. The third-order valence-electron chi connectivity index (χ3n) is 6.35. The van der Waals surface area contributed by atoms with Gasteiger partial charge in [-0.15, -0.1) is 0 Å². The lowest BCUT2D eigenvalue weighted by molar-refractivity contribution is 0.435. The molecule has 3 aromatic heterocycles. The average Bonchev–Trinajstić information content (AvgIpc) is 3.68. The van der Waals surface area contributed by atoms with Crippen molar-refractivity contribution in [3.8, 4) is 0 Å². The van der Waals surface area contributed by atoms with Crippen LogP contribution in [0.5, 0.6) is 0 Å². The minimum atomic E-state index is 0.759. The summed E-state index contributed by atoms with van der Waals surface area (Å²) in [7, 11) is 0. The van der Waals surface area contributed by atoms with Crippen molar-refractivity contribution in [2.24, 2.45) is 0 Å². The highest BCUT2D eigenvalue weighted by Crippen LogP contribution is 2.09. The molecule has 0 aliphatic carbocycles. The Hall–Kier alpha value is -4.92. The second-order valence-corrected chi connectivity index (χ2v) is 9.29. The Morgan fingerprint density at radius 1 is 0.333 bits per heavy atom. The van der Waals surface area contributed by atoms with Gasteiger partial charge in [-0.25, -0.2) is 0 Å². The van der Waals surface area contributed by atoms with E-state index in [9.17, 15) is 0 Å². The van der Waals surface area contributed by atoms with Crippen molar-refractivity contribution in [3.63, 3.8) is 0 Å². The molecule has 0 saturated carbocycles. The average molecular weight is 478 g/mol. The highest BCUT2D eigenvalue weighted by atomic mass is 15.3. The van der Waals surface area contributed by atoms with Gasteiger partial charge in [0.2, 0.25) is 0 Å². The predicted molar refractivity (Wildman–Crippen MR) is 140 cm³/mol. The normalized spacial score (nSPS) is 21.2.